The molecule has 0 saturated carbocycles. The van der Waals surface area contributed by atoms with Gasteiger partial charge in [0.25, 0.3) is 0 Å². The largest absolute Gasteiger partial charge is 0.387 e. The standard InChI is InChI=1S/C47H43N3/c1-2-11-36-34(9-1)35-10-3-4-12-37(35)42-29-33(19-21-38(36)42)50-45-16-8-6-14-40(45)43-27-30(18-22-46(43)50)31-17-20-41-39-13-5-7-15-44(39)49(47(41)28-31)32-23-25-48-26-24-32/h1,4-9,12-18,20,22-25,29-30,35,37,47-48H,2-3,10-11,19,21,26-28H2. The van der Waals surface area contributed by atoms with Gasteiger partial charge < -0.3 is 14.8 Å². The van der Waals surface area contributed by atoms with Crippen LogP contribution in [0.2, 0.25) is 0 Å². The van der Waals surface area contributed by atoms with Crippen molar-refractivity contribution in [1.82, 2.24) is 9.88 Å². The van der Waals surface area contributed by atoms with E-state index in [4.69, 9.17) is 0 Å². The molecule has 3 heteroatoms. The molecule has 6 aliphatic carbocycles. The van der Waals surface area contributed by atoms with Gasteiger partial charge in [-0.15, -0.1) is 0 Å². The van der Waals surface area contributed by atoms with Crippen molar-refractivity contribution in [1.29, 1.82) is 0 Å². The maximum absolute atomic E-state index is 3.35. The van der Waals surface area contributed by atoms with Crippen molar-refractivity contribution < 1.29 is 0 Å². The zero-order valence-corrected chi connectivity index (χ0v) is 28.6. The second-order valence-corrected chi connectivity index (χ2v) is 15.3. The molecule has 0 spiro atoms. The van der Waals surface area contributed by atoms with Gasteiger partial charge in [-0.1, -0.05) is 84.5 Å². The Kier molecular flexibility index (Phi) is 6.48. The smallest absolute Gasteiger partial charge is 0.0635 e. The Morgan fingerprint density at radius 2 is 1.70 bits per heavy atom. The number of para-hydroxylation sites is 2. The molecule has 0 radical (unpaired) electrons. The lowest BCUT2D eigenvalue weighted by molar-refractivity contribution is 0.446. The molecule has 246 valence electrons. The molecular formula is C47H43N3. The summed E-state index contributed by atoms with van der Waals surface area (Å²) in [5, 5.41) is 4.77. The maximum atomic E-state index is 3.35. The van der Waals surface area contributed by atoms with E-state index in [1.165, 1.54) is 76.1 Å². The van der Waals surface area contributed by atoms with Crippen molar-refractivity contribution in [2.45, 2.75) is 57.4 Å². The van der Waals surface area contributed by atoms with Crippen LogP contribution in [-0.2, 0) is 6.42 Å². The van der Waals surface area contributed by atoms with Crippen molar-refractivity contribution in [2.75, 3.05) is 11.4 Å². The number of aromatic nitrogens is 1. The molecular weight excluding hydrogens is 607 g/mol. The van der Waals surface area contributed by atoms with Crippen LogP contribution in [0.3, 0.4) is 0 Å². The first-order chi connectivity index (χ1) is 24.8. The minimum Gasteiger partial charge on any atom is -0.387 e. The molecule has 8 aliphatic rings. The van der Waals surface area contributed by atoms with Crippen LogP contribution in [0, 0.1) is 17.8 Å². The quantitative estimate of drug-likeness (QED) is 0.285. The van der Waals surface area contributed by atoms with Crippen molar-refractivity contribution in [3.63, 3.8) is 0 Å². The number of anilines is 1. The molecule has 2 aromatic carbocycles. The maximum Gasteiger partial charge on any atom is 0.0635 e. The van der Waals surface area contributed by atoms with E-state index < -0.39 is 0 Å². The predicted octanol–water partition coefficient (Wildman–Crippen LogP) is 10.6. The van der Waals surface area contributed by atoms with Gasteiger partial charge in [-0.2, -0.15) is 0 Å². The second kappa shape index (κ2) is 11.3. The Hall–Kier alpha value is -5.02. The topological polar surface area (TPSA) is 20.2 Å². The Balaban J connectivity index is 0.968. The molecule has 1 aromatic heterocycles. The van der Waals surface area contributed by atoms with Gasteiger partial charge in [0.05, 0.1) is 11.6 Å². The lowest BCUT2D eigenvalue weighted by Crippen LogP contribution is -2.34. The van der Waals surface area contributed by atoms with Gasteiger partial charge in [-0.3, -0.25) is 0 Å². The highest BCUT2D eigenvalue weighted by atomic mass is 15.2. The monoisotopic (exact) mass is 649 g/mol. The summed E-state index contributed by atoms with van der Waals surface area (Å²) < 4.78 is 2.64. The number of fused-ring (bicyclic) bond motifs is 10. The zero-order valence-electron chi connectivity index (χ0n) is 28.6. The summed E-state index contributed by atoms with van der Waals surface area (Å²) >= 11 is 0. The first kappa shape index (κ1) is 28.8. The van der Waals surface area contributed by atoms with Crippen LogP contribution in [0.5, 0.6) is 0 Å². The number of dihydropyridines is 1. The number of nitrogens with one attached hydrogen (secondary N) is 1. The Morgan fingerprint density at radius 3 is 2.66 bits per heavy atom. The minimum absolute atomic E-state index is 0.329. The SMILES string of the molecule is C1=CC2=C(CC1)C1=C(C=C(n3c4c(c5ccccc53)CC(C3=CC=C5c6ccccc6N(C6=CCNC=C6)C5C3)C=C4)CC1)C1C=CCCC21. The summed E-state index contributed by atoms with van der Waals surface area (Å²) in [6.45, 7) is 0.875. The lowest BCUT2D eigenvalue weighted by Gasteiger charge is -2.41. The first-order valence-electron chi connectivity index (χ1n) is 19.0. The molecule has 0 saturated heterocycles. The summed E-state index contributed by atoms with van der Waals surface area (Å²) in [5.74, 6) is 1.55. The Labute approximate surface area is 295 Å². The molecule has 0 bridgehead atoms. The Bertz CT molecular complexity index is 2300. The van der Waals surface area contributed by atoms with Crippen molar-refractivity contribution in [2.24, 2.45) is 17.8 Å². The fourth-order valence-electron chi connectivity index (χ4n) is 10.7. The van der Waals surface area contributed by atoms with Gasteiger partial charge in [-0.25, -0.2) is 0 Å². The number of nitrogens with zero attached hydrogens (tertiary/aromatic N) is 2. The van der Waals surface area contributed by atoms with Crippen molar-refractivity contribution in [3.05, 3.63) is 166 Å². The molecule has 2 aliphatic heterocycles. The van der Waals surface area contributed by atoms with Crippen LogP contribution in [0.1, 0.15) is 61.8 Å². The van der Waals surface area contributed by atoms with E-state index in [9.17, 15) is 0 Å². The zero-order chi connectivity index (χ0) is 32.8. The van der Waals surface area contributed by atoms with Crippen LogP contribution >= 0.6 is 0 Å². The number of allylic oxidation sites excluding steroid dienone is 14. The van der Waals surface area contributed by atoms with E-state index in [-0.39, 0.29) is 0 Å². The fourth-order valence-corrected chi connectivity index (χ4v) is 10.7. The molecule has 11 rings (SSSR count). The average molecular weight is 650 g/mol. The summed E-state index contributed by atoms with van der Waals surface area (Å²) in [5.41, 5.74) is 19.4. The van der Waals surface area contributed by atoms with Crippen LogP contribution in [0.25, 0.3) is 28.2 Å². The highest BCUT2D eigenvalue weighted by molar-refractivity contribution is 5.94. The highest BCUT2D eigenvalue weighted by Gasteiger charge is 2.40. The van der Waals surface area contributed by atoms with Gasteiger partial charge in [0.1, 0.15) is 0 Å². The molecule has 3 aromatic rings. The summed E-state index contributed by atoms with van der Waals surface area (Å²) in [4.78, 5) is 2.59. The summed E-state index contributed by atoms with van der Waals surface area (Å²) in [6.07, 6.45) is 38.3. The van der Waals surface area contributed by atoms with Gasteiger partial charge in [0.15, 0.2) is 0 Å². The molecule has 4 atom stereocenters. The number of rotatable bonds is 3. The van der Waals surface area contributed by atoms with E-state index in [0.29, 0.717) is 23.8 Å². The molecule has 0 fully saturated rings. The van der Waals surface area contributed by atoms with Gasteiger partial charge in [0, 0.05) is 52.1 Å². The molecule has 3 heterocycles. The number of hydrogen-bond donors (Lipinski definition) is 1. The van der Waals surface area contributed by atoms with E-state index in [1.807, 2.05) is 0 Å². The molecule has 4 unspecified atom stereocenters. The van der Waals surface area contributed by atoms with E-state index in [0.717, 1.165) is 32.2 Å². The van der Waals surface area contributed by atoms with Crippen molar-refractivity contribution in [3.8, 4) is 0 Å². The number of benzene rings is 2. The first-order valence-corrected chi connectivity index (χ1v) is 19.0. The molecule has 1 N–H and O–H groups in total. The van der Waals surface area contributed by atoms with E-state index in [1.54, 1.807) is 27.9 Å². The number of hydrogen-bond acceptors (Lipinski definition) is 2. The third kappa shape index (κ3) is 4.22. The van der Waals surface area contributed by atoms with Gasteiger partial charge >= 0.3 is 0 Å². The molecule has 3 nitrogen and oxygen atoms in total. The van der Waals surface area contributed by atoms with Gasteiger partial charge in [-0.05, 0) is 133 Å². The van der Waals surface area contributed by atoms with Crippen molar-refractivity contribution >= 4 is 33.9 Å². The summed E-state index contributed by atoms with van der Waals surface area (Å²) in [7, 11) is 0. The van der Waals surface area contributed by atoms with Crippen LogP contribution < -0.4 is 10.2 Å². The van der Waals surface area contributed by atoms with E-state index in [2.05, 4.69) is 136 Å². The van der Waals surface area contributed by atoms with Crippen LogP contribution in [-0.4, -0.2) is 17.2 Å². The molecule has 0 amide bonds. The second-order valence-electron chi connectivity index (χ2n) is 15.3. The summed E-state index contributed by atoms with van der Waals surface area (Å²) in [6, 6.07) is 18.5. The molecule has 50 heavy (non-hydrogen) atoms. The third-order valence-electron chi connectivity index (χ3n) is 12.9. The fraction of sp³-hybridized carbons (Fsp3) is 0.277. The highest BCUT2D eigenvalue weighted by Crippen LogP contribution is 2.52. The predicted molar refractivity (Wildman–Crippen MR) is 208 cm³/mol. The Morgan fingerprint density at radius 1 is 0.780 bits per heavy atom. The van der Waals surface area contributed by atoms with Crippen LogP contribution in [0.15, 0.2) is 149 Å². The van der Waals surface area contributed by atoms with E-state index >= 15 is 0 Å². The van der Waals surface area contributed by atoms with Gasteiger partial charge in [0.2, 0.25) is 0 Å². The third-order valence-corrected chi connectivity index (χ3v) is 12.9. The minimum atomic E-state index is 0.329. The normalized spacial score (nSPS) is 27.4. The average Bonchev–Trinajstić information content (AvgIpc) is 3.70. The lowest BCUT2D eigenvalue weighted by atomic mass is 9.64. The van der Waals surface area contributed by atoms with Crippen LogP contribution in [0.4, 0.5) is 5.69 Å².